The molecule has 1 saturated heterocycles. The molecule has 7 heteroatoms. The Kier molecular flexibility index (Phi) is 7.94. The van der Waals surface area contributed by atoms with Crippen LogP contribution in [0.3, 0.4) is 0 Å². The molecule has 30 heavy (non-hydrogen) atoms. The summed E-state index contributed by atoms with van der Waals surface area (Å²) in [5.41, 5.74) is 1.87. The number of piperidine rings is 1. The predicted molar refractivity (Wildman–Crippen MR) is 118 cm³/mol. The van der Waals surface area contributed by atoms with Crippen molar-refractivity contribution >= 4 is 17.7 Å². The van der Waals surface area contributed by atoms with E-state index < -0.39 is 0 Å². The van der Waals surface area contributed by atoms with E-state index in [1.165, 1.54) is 5.56 Å². The van der Waals surface area contributed by atoms with Crippen LogP contribution in [0.15, 0.2) is 54.6 Å². The van der Waals surface area contributed by atoms with Crippen LogP contribution in [0.1, 0.15) is 18.4 Å². The lowest BCUT2D eigenvalue weighted by molar-refractivity contribution is 0.180. The third-order valence-electron chi connectivity index (χ3n) is 5.34. The number of urea groups is 2. The monoisotopic (exact) mass is 410 g/mol. The number of anilines is 1. The van der Waals surface area contributed by atoms with E-state index in [9.17, 15) is 9.59 Å². The average molecular weight is 411 g/mol. The number of amides is 4. The summed E-state index contributed by atoms with van der Waals surface area (Å²) in [6.45, 7) is 2.57. The summed E-state index contributed by atoms with van der Waals surface area (Å²) < 4.78 is 5.28. The number of benzene rings is 2. The summed E-state index contributed by atoms with van der Waals surface area (Å²) >= 11 is 0. The van der Waals surface area contributed by atoms with Gasteiger partial charge in [-0.2, -0.15) is 0 Å². The molecule has 4 amide bonds. The van der Waals surface area contributed by atoms with Crippen LogP contribution in [-0.2, 0) is 6.42 Å². The molecule has 1 aliphatic heterocycles. The molecule has 2 aromatic rings. The van der Waals surface area contributed by atoms with Crippen molar-refractivity contribution in [3.63, 3.8) is 0 Å². The third kappa shape index (κ3) is 6.40. The number of rotatable bonds is 7. The highest BCUT2D eigenvalue weighted by Gasteiger charge is 2.23. The number of methoxy groups -OCH3 is 1. The molecule has 7 nitrogen and oxygen atoms in total. The Morgan fingerprint density at radius 3 is 2.43 bits per heavy atom. The SMILES string of the molecule is COc1ccccc1NC(=O)N1CCC(CNC(=O)NCCc2ccccc2)CC1. The normalized spacial score (nSPS) is 14.1. The maximum absolute atomic E-state index is 12.5. The first kappa shape index (κ1) is 21.5. The van der Waals surface area contributed by atoms with Crippen LogP contribution in [0.25, 0.3) is 0 Å². The minimum Gasteiger partial charge on any atom is -0.495 e. The van der Waals surface area contributed by atoms with Crippen LogP contribution < -0.4 is 20.7 Å². The maximum Gasteiger partial charge on any atom is 0.321 e. The van der Waals surface area contributed by atoms with E-state index >= 15 is 0 Å². The molecular formula is C23H30N4O3. The van der Waals surface area contributed by atoms with Crippen LogP contribution in [0, 0.1) is 5.92 Å². The molecule has 0 atom stereocenters. The van der Waals surface area contributed by atoms with Gasteiger partial charge in [0.15, 0.2) is 0 Å². The van der Waals surface area contributed by atoms with Crippen LogP contribution in [0.4, 0.5) is 15.3 Å². The second-order valence-corrected chi connectivity index (χ2v) is 7.43. The van der Waals surface area contributed by atoms with Crippen molar-refractivity contribution in [3.05, 3.63) is 60.2 Å². The minimum absolute atomic E-state index is 0.121. The van der Waals surface area contributed by atoms with Crippen LogP contribution in [-0.4, -0.2) is 50.3 Å². The van der Waals surface area contributed by atoms with E-state index in [4.69, 9.17) is 4.74 Å². The Morgan fingerprint density at radius 2 is 1.70 bits per heavy atom. The van der Waals surface area contributed by atoms with Gasteiger partial charge in [-0.1, -0.05) is 42.5 Å². The summed E-state index contributed by atoms with van der Waals surface area (Å²) in [6.07, 6.45) is 2.54. The van der Waals surface area contributed by atoms with E-state index in [1.807, 2.05) is 47.4 Å². The smallest absolute Gasteiger partial charge is 0.321 e. The van der Waals surface area contributed by atoms with Gasteiger partial charge in [0, 0.05) is 26.2 Å². The topological polar surface area (TPSA) is 82.7 Å². The first-order valence-corrected chi connectivity index (χ1v) is 10.4. The number of ether oxygens (including phenoxy) is 1. The number of nitrogens with one attached hydrogen (secondary N) is 3. The molecule has 0 aromatic heterocycles. The van der Waals surface area contributed by atoms with Crippen molar-refractivity contribution in [2.24, 2.45) is 5.92 Å². The van der Waals surface area contributed by atoms with Gasteiger partial charge in [-0.05, 0) is 42.9 Å². The number of carbonyl (C=O) groups excluding carboxylic acids is 2. The number of hydrogen-bond acceptors (Lipinski definition) is 3. The Balaban J connectivity index is 1.33. The number of nitrogens with zero attached hydrogens (tertiary/aromatic N) is 1. The molecule has 160 valence electrons. The molecule has 2 aromatic carbocycles. The largest absolute Gasteiger partial charge is 0.495 e. The van der Waals surface area contributed by atoms with Gasteiger partial charge in [-0.15, -0.1) is 0 Å². The van der Waals surface area contributed by atoms with Gasteiger partial charge in [0.2, 0.25) is 0 Å². The highest BCUT2D eigenvalue weighted by Crippen LogP contribution is 2.24. The number of para-hydroxylation sites is 2. The Labute approximate surface area is 177 Å². The lowest BCUT2D eigenvalue weighted by atomic mass is 9.97. The Morgan fingerprint density at radius 1 is 1.00 bits per heavy atom. The molecule has 0 radical (unpaired) electrons. The molecule has 1 heterocycles. The zero-order valence-corrected chi connectivity index (χ0v) is 17.4. The average Bonchev–Trinajstić information content (AvgIpc) is 2.79. The highest BCUT2D eigenvalue weighted by atomic mass is 16.5. The maximum atomic E-state index is 12.5. The van der Waals surface area contributed by atoms with E-state index in [0.717, 1.165) is 19.3 Å². The fourth-order valence-corrected chi connectivity index (χ4v) is 3.55. The molecular weight excluding hydrogens is 380 g/mol. The summed E-state index contributed by atoms with van der Waals surface area (Å²) in [5.74, 6) is 1.02. The second kappa shape index (κ2) is 11.1. The van der Waals surface area contributed by atoms with Gasteiger partial charge in [0.1, 0.15) is 5.75 Å². The lowest BCUT2D eigenvalue weighted by Gasteiger charge is -2.32. The summed E-state index contributed by atoms with van der Waals surface area (Å²) in [6, 6.07) is 17.2. The predicted octanol–water partition coefficient (Wildman–Crippen LogP) is 3.48. The minimum atomic E-state index is -0.137. The molecule has 0 aliphatic carbocycles. The van der Waals surface area contributed by atoms with E-state index in [0.29, 0.717) is 43.5 Å². The lowest BCUT2D eigenvalue weighted by Crippen LogP contribution is -2.45. The van der Waals surface area contributed by atoms with Gasteiger partial charge < -0.3 is 25.6 Å². The van der Waals surface area contributed by atoms with Crippen molar-refractivity contribution in [2.45, 2.75) is 19.3 Å². The van der Waals surface area contributed by atoms with Crippen molar-refractivity contribution in [1.82, 2.24) is 15.5 Å². The van der Waals surface area contributed by atoms with Crippen molar-refractivity contribution in [3.8, 4) is 5.75 Å². The first-order chi connectivity index (χ1) is 14.7. The Bertz CT molecular complexity index is 820. The molecule has 1 fully saturated rings. The van der Waals surface area contributed by atoms with Gasteiger partial charge >= 0.3 is 12.1 Å². The third-order valence-corrected chi connectivity index (χ3v) is 5.34. The zero-order valence-electron chi connectivity index (χ0n) is 17.4. The molecule has 0 spiro atoms. The van der Waals surface area contributed by atoms with E-state index in [-0.39, 0.29) is 12.1 Å². The summed E-state index contributed by atoms with van der Waals surface area (Å²) in [5, 5.41) is 8.77. The standard InChI is InChI=1S/C23H30N4O3/c1-30-21-10-6-5-9-20(21)26-23(29)27-15-12-19(13-16-27)17-25-22(28)24-14-11-18-7-3-2-4-8-18/h2-10,19H,11-17H2,1H3,(H,26,29)(H2,24,25,28). The first-order valence-electron chi connectivity index (χ1n) is 10.4. The number of likely N-dealkylation sites (tertiary alicyclic amines) is 1. The van der Waals surface area contributed by atoms with Gasteiger partial charge in [0.25, 0.3) is 0 Å². The summed E-state index contributed by atoms with van der Waals surface area (Å²) in [7, 11) is 1.58. The van der Waals surface area contributed by atoms with E-state index in [1.54, 1.807) is 7.11 Å². The van der Waals surface area contributed by atoms with Crippen LogP contribution >= 0.6 is 0 Å². The van der Waals surface area contributed by atoms with Gasteiger partial charge in [0.05, 0.1) is 12.8 Å². The molecule has 3 N–H and O–H groups in total. The second-order valence-electron chi connectivity index (χ2n) is 7.43. The highest BCUT2D eigenvalue weighted by molar-refractivity contribution is 5.91. The van der Waals surface area contributed by atoms with Crippen molar-refractivity contribution in [2.75, 3.05) is 38.6 Å². The molecule has 0 bridgehead atoms. The van der Waals surface area contributed by atoms with Crippen LogP contribution in [0.2, 0.25) is 0 Å². The Hall–Kier alpha value is -3.22. The molecule has 1 aliphatic rings. The van der Waals surface area contributed by atoms with Crippen LogP contribution in [0.5, 0.6) is 5.75 Å². The van der Waals surface area contributed by atoms with E-state index in [2.05, 4.69) is 28.1 Å². The fourth-order valence-electron chi connectivity index (χ4n) is 3.55. The quantitative estimate of drug-likeness (QED) is 0.654. The van der Waals surface area contributed by atoms with Gasteiger partial charge in [-0.3, -0.25) is 0 Å². The van der Waals surface area contributed by atoms with Crippen molar-refractivity contribution in [1.29, 1.82) is 0 Å². The number of hydrogen-bond donors (Lipinski definition) is 3. The molecule has 0 saturated carbocycles. The zero-order chi connectivity index (χ0) is 21.2. The van der Waals surface area contributed by atoms with Crippen molar-refractivity contribution < 1.29 is 14.3 Å². The molecule has 3 rings (SSSR count). The molecule has 0 unspecified atom stereocenters. The van der Waals surface area contributed by atoms with Gasteiger partial charge in [-0.25, -0.2) is 9.59 Å². The summed E-state index contributed by atoms with van der Waals surface area (Å²) in [4.78, 5) is 26.3. The fraction of sp³-hybridized carbons (Fsp3) is 0.391. The number of carbonyl (C=O) groups is 2.